The molecular formula is C16H25BrN2O. The summed E-state index contributed by atoms with van der Waals surface area (Å²) in [6.45, 7) is 8.38. The maximum absolute atomic E-state index is 12.0. The highest BCUT2D eigenvalue weighted by Crippen LogP contribution is 2.21. The van der Waals surface area contributed by atoms with Crippen LogP contribution < -0.4 is 11.1 Å². The Morgan fingerprint density at radius 2 is 2.05 bits per heavy atom. The van der Waals surface area contributed by atoms with Crippen LogP contribution >= 0.6 is 15.9 Å². The van der Waals surface area contributed by atoms with Crippen LogP contribution in [0, 0.1) is 5.41 Å². The molecule has 1 aromatic carbocycles. The molecule has 1 rings (SSSR count). The van der Waals surface area contributed by atoms with Crippen molar-refractivity contribution in [3.63, 3.8) is 0 Å². The summed E-state index contributed by atoms with van der Waals surface area (Å²) < 4.78 is 1.01. The second-order valence-corrected chi connectivity index (χ2v) is 7.49. The molecule has 3 nitrogen and oxygen atoms in total. The summed E-state index contributed by atoms with van der Waals surface area (Å²) in [5.74, 6) is 0.00854. The van der Waals surface area contributed by atoms with Gasteiger partial charge in [-0.3, -0.25) is 4.79 Å². The number of hydrogen-bond acceptors (Lipinski definition) is 2. The fourth-order valence-electron chi connectivity index (χ4n) is 2.26. The molecule has 0 aliphatic rings. The third-order valence-electron chi connectivity index (χ3n) is 3.05. The molecule has 0 heterocycles. The van der Waals surface area contributed by atoms with Gasteiger partial charge in [-0.2, -0.15) is 0 Å². The zero-order chi connectivity index (χ0) is 15.3. The molecule has 4 heteroatoms. The highest BCUT2D eigenvalue weighted by molar-refractivity contribution is 9.10. The smallest absolute Gasteiger partial charge is 0.222 e. The van der Waals surface area contributed by atoms with Gasteiger partial charge in [-0.15, -0.1) is 0 Å². The summed E-state index contributed by atoms with van der Waals surface area (Å²) in [5, 5.41) is 3.00. The van der Waals surface area contributed by atoms with E-state index in [4.69, 9.17) is 5.73 Å². The molecule has 0 bridgehead atoms. The molecule has 2 atom stereocenters. The minimum Gasteiger partial charge on any atom is -0.350 e. The molecule has 1 unspecified atom stereocenters. The Morgan fingerprint density at radius 1 is 1.40 bits per heavy atom. The van der Waals surface area contributed by atoms with Crippen LogP contribution in [0.25, 0.3) is 0 Å². The van der Waals surface area contributed by atoms with E-state index >= 15 is 0 Å². The number of nitrogens with two attached hydrogens (primary N) is 1. The quantitative estimate of drug-likeness (QED) is 0.856. The molecule has 0 aromatic heterocycles. The van der Waals surface area contributed by atoms with Gasteiger partial charge in [0.15, 0.2) is 0 Å². The summed E-state index contributed by atoms with van der Waals surface area (Å²) in [7, 11) is 0. The van der Waals surface area contributed by atoms with Crippen molar-refractivity contribution in [2.24, 2.45) is 11.1 Å². The SMILES string of the molecule is C[C@@H](NC(=O)CC(N)CC(C)(C)C)c1cccc(Br)c1. The third-order valence-corrected chi connectivity index (χ3v) is 3.54. The molecule has 1 amide bonds. The lowest BCUT2D eigenvalue weighted by Gasteiger charge is -2.23. The standard InChI is InChI=1S/C16H25BrN2O/c1-11(12-6-5-7-13(17)8-12)19-15(20)9-14(18)10-16(2,3)4/h5-8,11,14H,9-10,18H2,1-4H3,(H,19,20)/t11-,14?/m1/s1. The fourth-order valence-corrected chi connectivity index (χ4v) is 2.67. The van der Waals surface area contributed by atoms with Crippen LogP contribution in [0.15, 0.2) is 28.7 Å². The Kier molecular flexibility index (Phi) is 6.21. The minimum absolute atomic E-state index is 0.00854. The van der Waals surface area contributed by atoms with E-state index in [0.717, 1.165) is 16.5 Å². The fraction of sp³-hybridized carbons (Fsp3) is 0.562. The highest BCUT2D eigenvalue weighted by Gasteiger charge is 2.19. The Balaban J connectivity index is 2.50. The van der Waals surface area contributed by atoms with Crippen molar-refractivity contribution in [2.75, 3.05) is 0 Å². The number of benzene rings is 1. The molecule has 0 radical (unpaired) electrons. The summed E-state index contributed by atoms with van der Waals surface area (Å²) in [6.07, 6.45) is 1.21. The van der Waals surface area contributed by atoms with E-state index in [9.17, 15) is 4.79 Å². The second-order valence-electron chi connectivity index (χ2n) is 6.57. The van der Waals surface area contributed by atoms with Crippen LogP contribution in [-0.2, 0) is 4.79 Å². The molecule has 0 spiro atoms. The van der Waals surface area contributed by atoms with Gasteiger partial charge in [0.05, 0.1) is 6.04 Å². The number of amides is 1. The average Bonchev–Trinajstić information content (AvgIpc) is 2.25. The Bertz CT molecular complexity index is 454. The lowest BCUT2D eigenvalue weighted by Crippen LogP contribution is -2.35. The van der Waals surface area contributed by atoms with Gasteiger partial charge < -0.3 is 11.1 Å². The Hall–Kier alpha value is -0.870. The lowest BCUT2D eigenvalue weighted by atomic mass is 9.87. The first-order valence-corrected chi connectivity index (χ1v) is 7.77. The number of halogens is 1. The first-order chi connectivity index (χ1) is 9.17. The summed E-state index contributed by atoms with van der Waals surface area (Å²) in [5.41, 5.74) is 7.26. The largest absolute Gasteiger partial charge is 0.350 e. The normalized spacial score (nSPS) is 14.7. The van der Waals surface area contributed by atoms with Gasteiger partial charge in [0, 0.05) is 16.9 Å². The van der Waals surface area contributed by atoms with Crippen molar-refractivity contribution in [1.29, 1.82) is 0 Å². The van der Waals surface area contributed by atoms with Crippen molar-refractivity contribution in [2.45, 2.75) is 52.6 Å². The number of nitrogens with one attached hydrogen (secondary N) is 1. The molecule has 0 fully saturated rings. The van der Waals surface area contributed by atoms with Crippen molar-refractivity contribution in [3.05, 3.63) is 34.3 Å². The lowest BCUT2D eigenvalue weighted by molar-refractivity contribution is -0.122. The molecule has 0 saturated carbocycles. The van der Waals surface area contributed by atoms with E-state index in [2.05, 4.69) is 42.0 Å². The molecule has 112 valence electrons. The van der Waals surface area contributed by atoms with Crippen molar-refractivity contribution in [3.8, 4) is 0 Å². The van der Waals surface area contributed by atoms with E-state index in [1.54, 1.807) is 0 Å². The summed E-state index contributed by atoms with van der Waals surface area (Å²) in [4.78, 5) is 12.0. The Labute approximate surface area is 130 Å². The monoisotopic (exact) mass is 340 g/mol. The summed E-state index contributed by atoms with van der Waals surface area (Å²) in [6, 6.07) is 7.85. The molecule has 3 N–H and O–H groups in total. The second kappa shape index (κ2) is 7.23. The minimum atomic E-state index is -0.0929. The maximum Gasteiger partial charge on any atom is 0.222 e. The molecule has 0 aliphatic heterocycles. The van der Waals surface area contributed by atoms with Crippen LogP contribution in [0.2, 0.25) is 0 Å². The topological polar surface area (TPSA) is 55.1 Å². The van der Waals surface area contributed by atoms with Crippen LogP contribution in [0.1, 0.15) is 52.1 Å². The highest BCUT2D eigenvalue weighted by atomic mass is 79.9. The zero-order valence-corrected chi connectivity index (χ0v) is 14.3. The van der Waals surface area contributed by atoms with Gasteiger partial charge in [0.2, 0.25) is 5.91 Å². The first-order valence-electron chi connectivity index (χ1n) is 6.98. The van der Waals surface area contributed by atoms with Gasteiger partial charge in [-0.05, 0) is 36.5 Å². The molecule has 0 aliphatic carbocycles. The zero-order valence-electron chi connectivity index (χ0n) is 12.7. The first kappa shape index (κ1) is 17.2. The van der Waals surface area contributed by atoms with Crippen LogP contribution in [-0.4, -0.2) is 11.9 Å². The van der Waals surface area contributed by atoms with Crippen LogP contribution in [0.5, 0.6) is 0 Å². The average molecular weight is 341 g/mol. The van der Waals surface area contributed by atoms with Crippen molar-refractivity contribution >= 4 is 21.8 Å². The van der Waals surface area contributed by atoms with Crippen molar-refractivity contribution in [1.82, 2.24) is 5.32 Å². The van der Waals surface area contributed by atoms with Gasteiger partial charge in [0.25, 0.3) is 0 Å². The van der Waals surface area contributed by atoms with Crippen molar-refractivity contribution < 1.29 is 4.79 Å². The predicted octanol–water partition coefficient (Wildman–Crippen LogP) is 3.78. The van der Waals surface area contributed by atoms with Gasteiger partial charge in [-0.1, -0.05) is 48.8 Å². The Morgan fingerprint density at radius 3 is 2.60 bits per heavy atom. The molecule has 0 saturated heterocycles. The molecular weight excluding hydrogens is 316 g/mol. The number of carbonyl (C=O) groups excluding carboxylic acids is 1. The number of rotatable bonds is 5. The van der Waals surface area contributed by atoms with Gasteiger partial charge in [-0.25, -0.2) is 0 Å². The van der Waals surface area contributed by atoms with E-state index in [1.807, 2.05) is 31.2 Å². The van der Waals surface area contributed by atoms with Gasteiger partial charge >= 0.3 is 0 Å². The van der Waals surface area contributed by atoms with E-state index in [0.29, 0.717) is 6.42 Å². The molecule has 1 aromatic rings. The summed E-state index contributed by atoms with van der Waals surface area (Å²) >= 11 is 3.44. The number of carbonyl (C=O) groups is 1. The van der Waals surface area contributed by atoms with E-state index in [1.165, 1.54) is 0 Å². The predicted molar refractivity (Wildman–Crippen MR) is 87.4 cm³/mol. The third kappa shape index (κ3) is 6.53. The molecule has 20 heavy (non-hydrogen) atoms. The van der Waals surface area contributed by atoms with Crippen LogP contribution in [0.4, 0.5) is 0 Å². The van der Waals surface area contributed by atoms with Gasteiger partial charge in [0.1, 0.15) is 0 Å². The van der Waals surface area contributed by atoms with E-state index in [-0.39, 0.29) is 23.4 Å². The maximum atomic E-state index is 12.0. The van der Waals surface area contributed by atoms with E-state index < -0.39 is 0 Å². The number of hydrogen-bond donors (Lipinski definition) is 2. The van der Waals surface area contributed by atoms with Crippen LogP contribution in [0.3, 0.4) is 0 Å².